The van der Waals surface area contributed by atoms with Crippen molar-refractivity contribution in [2.75, 3.05) is 20.2 Å². The smallest absolute Gasteiger partial charge is 0.224 e. The lowest BCUT2D eigenvalue weighted by Crippen LogP contribution is -2.34. The van der Waals surface area contributed by atoms with Crippen LogP contribution in [0, 0.1) is 18.8 Å². The Labute approximate surface area is 134 Å². The van der Waals surface area contributed by atoms with E-state index in [-0.39, 0.29) is 11.8 Å². The summed E-state index contributed by atoms with van der Waals surface area (Å²) in [5, 5.41) is 6.00. The molecule has 0 aliphatic heterocycles. The SMILES string of the molecule is CNCC(C)C(=O)NCc1ccc(C)cc1OCCC(C)C. The summed E-state index contributed by atoms with van der Waals surface area (Å²) in [7, 11) is 1.85. The van der Waals surface area contributed by atoms with Crippen molar-refractivity contribution in [2.45, 2.75) is 40.7 Å². The van der Waals surface area contributed by atoms with E-state index in [1.54, 1.807) is 0 Å². The predicted molar refractivity (Wildman–Crippen MR) is 91.1 cm³/mol. The van der Waals surface area contributed by atoms with E-state index in [9.17, 15) is 4.79 Å². The van der Waals surface area contributed by atoms with Crippen LogP contribution in [0.15, 0.2) is 18.2 Å². The summed E-state index contributed by atoms with van der Waals surface area (Å²) in [6.45, 7) is 10.2. The molecule has 0 aliphatic carbocycles. The van der Waals surface area contributed by atoms with Gasteiger partial charge in [0.15, 0.2) is 0 Å². The van der Waals surface area contributed by atoms with Gasteiger partial charge in [-0.1, -0.05) is 32.9 Å². The predicted octanol–water partition coefficient (Wildman–Crippen LogP) is 2.89. The number of hydrogen-bond donors (Lipinski definition) is 2. The molecular formula is C18H30N2O2. The van der Waals surface area contributed by atoms with Crippen molar-refractivity contribution in [1.29, 1.82) is 0 Å². The van der Waals surface area contributed by atoms with Gasteiger partial charge in [-0.2, -0.15) is 0 Å². The van der Waals surface area contributed by atoms with Crippen LogP contribution < -0.4 is 15.4 Å². The summed E-state index contributed by atoms with van der Waals surface area (Å²) in [6, 6.07) is 6.12. The van der Waals surface area contributed by atoms with E-state index in [0.717, 1.165) is 23.3 Å². The van der Waals surface area contributed by atoms with Crippen LogP contribution in [0.2, 0.25) is 0 Å². The maximum absolute atomic E-state index is 12.0. The van der Waals surface area contributed by atoms with Crippen molar-refractivity contribution in [3.05, 3.63) is 29.3 Å². The Morgan fingerprint density at radius 1 is 1.27 bits per heavy atom. The highest BCUT2D eigenvalue weighted by Gasteiger charge is 2.12. The number of rotatable bonds is 9. The molecule has 1 atom stereocenters. The quantitative estimate of drug-likeness (QED) is 0.737. The van der Waals surface area contributed by atoms with Crippen molar-refractivity contribution in [1.82, 2.24) is 10.6 Å². The van der Waals surface area contributed by atoms with Gasteiger partial charge >= 0.3 is 0 Å². The van der Waals surface area contributed by atoms with Crippen LogP contribution in [0.3, 0.4) is 0 Å². The molecule has 0 aromatic heterocycles. The van der Waals surface area contributed by atoms with E-state index in [1.165, 1.54) is 0 Å². The number of nitrogens with one attached hydrogen (secondary N) is 2. The Bertz CT molecular complexity index is 472. The second-order valence-electron chi connectivity index (χ2n) is 6.32. The first-order chi connectivity index (χ1) is 10.4. The Balaban J connectivity index is 2.63. The van der Waals surface area contributed by atoms with Crippen molar-refractivity contribution in [3.8, 4) is 5.75 Å². The molecule has 4 nitrogen and oxygen atoms in total. The maximum atomic E-state index is 12.0. The molecule has 124 valence electrons. The first kappa shape index (κ1) is 18.5. The normalized spacial score (nSPS) is 12.3. The van der Waals surface area contributed by atoms with Crippen LogP contribution >= 0.6 is 0 Å². The summed E-state index contributed by atoms with van der Waals surface area (Å²) >= 11 is 0. The number of carbonyl (C=O) groups is 1. The molecule has 0 spiro atoms. The number of amides is 1. The molecule has 0 fully saturated rings. The van der Waals surface area contributed by atoms with Gasteiger partial charge in [-0.15, -0.1) is 0 Å². The lowest BCUT2D eigenvalue weighted by molar-refractivity contribution is -0.124. The molecule has 0 bridgehead atoms. The summed E-state index contributed by atoms with van der Waals surface area (Å²) in [5.74, 6) is 1.52. The standard InChI is InChI=1S/C18H30N2O2/c1-13(2)8-9-22-17-10-14(3)6-7-16(17)12-20-18(21)15(4)11-19-5/h6-7,10,13,15,19H,8-9,11-12H2,1-5H3,(H,20,21). The Morgan fingerprint density at radius 2 is 2.00 bits per heavy atom. The molecule has 1 aromatic rings. The molecule has 0 saturated carbocycles. The van der Waals surface area contributed by atoms with Crippen molar-refractivity contribution in [2.24, 2.45) is 11.8 Å². The summed E-state index contributed by atoms with van der Waals surface area (Å²) in [5.41, 5.74) is 2.19. The number of hydrogen-bond acceptors (Lipinski definition) is 3. The Kier molecular flexibility index (Phi) is 7.96. The number of carbonyl (C=O) groups excluding carboxylic acids is 1. The lowest BCUT2D eigenvalue weighted by Gasteiger charge is -2.15. The minimum atomic E-state index is -0.0410. The van der Waals surface area contributed by atoms with E-state index in [0.29, 0.717) is 25.6 Å². The molecule has 2 N–H and O–H groups in total. The highest BCUT2D eigenvalue weighted by Crippen LogP contribution is 2.21. The van der Waals surface area contributed by atoms with Gasteiger partial charge in [0, 0.05) is 24.6 Å². The molecular weight excluding hydrogens is 276 g/mol. The third kappa shape index (κ3) is 6.48. The molecule has 1 amide bonds. The van der Waals surface area contributed by atoms with Gasteiger partial charge in [0.2, 0.25) is 5.91 Å². The second kappa shape index (κ2) is 9.46. The largest absolute Gasteiger partial charge is 0.493 e. The third-order valence-electron chi connectivity index (χ3n) is 3.59. The molecule has 1 unspecified atom stereocenters. The van der Waals surface area contributed by atoms with Crippen LogP contribution in [0.25, 0.3) is 0 Å². The van der Waals surface area contributed by atoms with E-state index in [2.05, 4.69) is 24.5 Å². The first-order valence-corrected chi connectivity index (χ1v) is 8.08. The first-order valence-electron chi connectivity index (χ1n) is 8.08. The molecule has 1 aromatic carbocycles. The van der Waals surface area contributed by atoms with Crippen LogP contribution in [0.4, 0.5) is 0 Å². The van der Waals surface area contributed by atoms with Crippen molar-refractivity contribution >= 4 is 5.91 Å². The van der Waals surface area contributed by atoms with E-state index in [1.807, 2.05) is 39.1 Å². The highest BCUT2D eigenvalue weighted by atomic mass is 16.5. The van der Waals surface area contributed by atoms with E-state index < -0.39 is 0 Å². The van der Waals surface area contributed by atoms with Gasteiger partial charge in [0.05, 0.1) is 6.61 Å². The highest BCUT2D eigenvalue weighted by molar-refractivity contribution is 5.78. The Morgan fingerprint density at radius 3 is 2.64 bits per heavy atom. The van der Waals surface area contributed by atoms with Crippen LogP contribution in [-0.2, 0) is 11.3 Å². The fourth-order valence-electron chi connectivity index (χ4n) is 2.10. The zero-order valence-electron chi connectivity index (χ0n) is 14.5. The fraction of sp³-hybridized carbons (Fsp3) is 0.611. The molecule has 0 saturated heterocycles. The van der Waals surface area contributed by atoms with Crippen LogP contribution in [0.5, 0.6) is 5.75 Å². The monoisotopic (exact) mass is 306 g/mol. The van der Waals surface area contributed by atoms with Gasteiger partial charge in [-0.05, 0) is 37.9 Å². The molecule has 0 heterocycles. The van der Waals surface area contributed by atoms with Crippen LogP contribution in [-0.4, -0.2) is 26.1 Å². The van der Waals surface area contributed by atoms with E-state index in [4.69, 9.17) is 4.74 Å². The van der Waals surface area contributed by atoms with Gasteiger partial charge in [0.1, 0.15) is 5.75 Å². The number of ether oxygens (including phenoxy) is 1. The fourth-order valence-corrected chi connectivity index (χ4v) is 2.10. The zero-order valence-corrected chi connectivity index (χ0v) is 14.5. The lowest BCUT2D eigenvalue weighted by atomic mass is 10.1. The van der Waals surface area contributed by atoms with E-state index >= 15 is 0 Å². The molecule has 1 rings (SSSR count). The summed E-state index contributed by atoms with van der Waals surface area (Å²) in [6.07, 6.45) is 1.03. The number of benzene rings is 1. The van der Waals surface area contributed by atoms with Crippen LogP contribution in [0.1, 0.15) is 38.3 Å². The minimum Gasteiger partial charge on any atom is -0.493 e. The van der Waals surface area contributed by atoms with Gasteiger partial charge in [-0.3, -0.25) is 4.79 Å². The van der Waals surface area contributed by atoms with Gasteiger partial charge in [0.25, 0.3) is 0 Å². The van der Waals surface area contributed by atoms with Gasteiger partial charge in [-0.25, -0.2) is 0 Å². The third-order valence-corrected chi connectivity index (χ3v) is 3.59. The summed E-state index contributed by atoms with van der Waals surface area (Å²) < 4.78 is 5.91. The topological polar surface area (TPSA) is 50.4 Å². The number of aryl methyl sites for hydroxylation is 1. The average molecular weight is 306 g/mol. The maximum Gasteiger partial charge on any atom is 0.224 e. The van der Waals surface area contributed by atoms with Gasteiger partial charge < -0.3 is 15.4 Å². The Hall–Kier alpha value is -1.55. The molecule has 0 aliphatic rings. The minimum absolute atomic E-state index is 0.0410. The average Bonchev–Trinajstić information content (AvgIpc) is 2.46. The van der Waals surface area contributed by atoms with Crippen molar-refractivity contribution in [3.63, 3.8) is 0 Å². The molecule has 22 heavy (non-hydrogen) atoms. The zero-order chi connectivity index (χ0) is 16.5. The second-order valence-corrected chi connectivity index (χ2v) is 6.32. The van der Waals surface area contributed by atoms with Crippen molar-refractivity contribution < 1.29 is 9.53 Å². The molecule has 0 radical (unpaired) electrons. The molecule has 4 heteroatoms. The summed E-state index contributed by atoms with van der Waals surface area (Å²) in [4.78, 5) is 12.0.